The lowest BCUT2D eigenvalue weighted by molar-refractivity contribution is 0.551. The van der Waals surface area contributed by atoms with Crippen molar-refractivity contribution in [3.8, 4) is 0 Å². The number of nitrogens with one attached hydrogen (secondary N) is 1. The second-order valence-corrected chi connectivity index (χ2v) is 6.50. The van der Waals surface area contributed by atoms with E-state index in [9.17, 15) is 0 Å². The van der Waals surface area contributed by atoms with Crippen LogP contribution in [0.3, 0.4) is 0 Å². The summed E-state index contributed by atoms with van der Waals surface area (Å²) in [6, 6.07) is 5.69. The molecule has 0 saturated heterocycles. The van der Waals surface area contributed by atoms with E-state index in [1.807, 2.05) is 29.1 Å². The highest BCUT2D eigenvalue weighted by Gasteiger charge is 2.08. The number of halogens is 2. The van der Waals surface area contributed by atoms with E-state index in [4.69, 9.17) is 23.2 Å². The molecule has 3 nitrogen and oxygen atoms in total. The molecule has 0 aliphatic carbocycles. The van der Waals surface area contributed by atoms with E-state index in [2.05, 4.69) is 31.2 Å². The van der Waals surface area contributed by atoms with Crippen LogP contribution in [0.1, 0.15) is 30.7 Å². The Hall–Kier alpha value is -1.03. The van der Waals surface area contributed by atoms with Crippen molar-refractivity contribution in [3.05, 3.63) is 51.3 Å². The van der Waals surface area contributed by atoms with E-state index < -0.39 is 0 Å². The Balaban J connectivity index is 2.04. The predicted octanol–water partition coefficient (Wildman–Crippen LogP) is 4.29. The first kappa shape index (κ1) is 16.3. The molecule has 5 heteroatoms. The zero-order valence-corrected chi connectivity index (χ0v) is 14.2. The molecule has 0 atom stereocenters. The van der Waals surface area contributed by atoms with Gasteiger partial charge in [-0.15, -0.1) is 0 Å². The van der Waals surface area contributed by atoms with Gasteiger partial charge in [0.1, 0.15) is 0 Å². The molecule has 1 N–H and O–H groups in total. The summed E-state index contributed by atoms with van der Waals surface area (Å²) in [7, 11) is 0. The minimum atomic E-state index is 0.580. The van der Waals surface area contributed by atoms with Crippen LogP contribution in [0.15, 0.2) is 24.4 Å². The van der Waals surface area contributed by atoms with Crippen molar-refractivity contribution < 1.29 is 0 Å². The standard InChI is InChI=1S/C16H21Cl2N3/c1-11(2)7-19-8-14-9-20-21(12(14)3)10-13-4-5-15(17)16(18)6-13/h4-6,9,11,19H,7-8,10H2,1-3H3. The molecule has 0 fully saturated rings. The van der Waals surface area contributed by atoms with Crippen molar-refractivity contribution in [1.82, 2.24) is 15.1 Å². The van der Waals surface area contributed by atoms with Gasteiger partial charge in [-0.25, -0.2) is 0 Å². The lowest BCUT2D eigenvalue weighted by Crippen LogP contribution is -2.19. The molecule has 0 unspecified atom stereocenters. The van der Waals surface area contributed by atoms with Gasteiger partial charge in [0.05, 0.1) is 22.8 Å². The number of aromatic nitrogens is 2. The van der Waals surface area contributed by atoms with Gasteiger partial charge >= 0.3 is 0 Å². The van der Waals surface area contributed by atoms with E-state index in [1.165, 1.54) is 11.3 Å². The van der Waals surface area contributed by atoms with Crippen molar-refractivity contribution in [2.75, 3.05) is 6.54 Å². The van der Waals surface area contributed by atoms with Crippen LogP contribution in [0.4, 0.5) is 0 Å². The summed E-state index contributed by atoms with van der Waals surface area (Å²) >= 11 is 12.0. The molecule has 0 aliphatic rings. The number of nitrogens with zero attached hydrogens (tertiary/aromatic N) is 2. The van der Waals surface area contributed by atoms with Gasteiger partial charge in [0.15, 0.2) is 0 Å². The Labute approximate surface area is 136 Å². The van der Waals surface area contributed by atoms with E-state index in [-0.39, 0.29) is 0 Å². The highest BCUT2D eigenvalue weighted by atomic mass is 35.5. The molecule has 2 aromatic rings. The van der Waals surface area contributed by atoms with Crippen molar-refractivity contribution in [2.45, 2.75) is 33.9 Å². The van der Waals surface area contributed by atoms with Crippen LogP contribution in [-0.2, 0) is 13.1 Å². The maximum Gasteiger partial charge on any atom is 0.0663 e. The first-order valence-electron chi connectivity index (χ1n) is 7.13. The second-order valence-electron chi connectivity index (χ2n) is 5.69. The minimum Gasteiger partial charge on any atom is -0.312 e. The molecule has 0 saturated carbocycles. The molecule has 21 heavy (non-hydrogen) atoms. The molecule has 1 heterocycles. The summed E-state index contributed by atoms with van der Waals surface area (Å²) in [4.78, 5) is 0. The SMILES string of the molecule is Cc1c(CNCC(C)C)cnn1Cc1ccc(Cl)c(Cl)c1. The zero-order chi connectivity index (χ0) is 15.4. The lowest BCUT2D eigenvalue weighted by atomic mass is 10.2. The molecule has 114 valence electrons. The number of benzene rings is 1. The van der Waals surface area contributed by atoms with Gasteiger partial charge in [0.2, 0.25) is 0 Å². The van der Waals surface area contributed by atoms with Crippen LogP contribution < -0.4 is 5.32 Å². The smallest absolute Gasteiger partial charge is 0.0663 e. The molecule has 0 aliphatic heterocycles. The molecular weight excluding hydrogens is 305 g/mol. The maximum atomic E-state index is 6.05. The fourth-order valence-electron chi connectivity index (χ4n) is 2.12. The fourth-order valence-corrected chi connectivity index (χ4v) is 2.45. The molecule has 0 bridgehead atoms. The van der Waals surface area contributed by atoms with Crippen LogP contribution in [0.25, 0.3) is 0 Å². The Bertz CT molecular complexity index is 606. The largest absolute Gasteiger partial charge is 0.312 e. The van der Waals surface area contributed by atoms with Crippen molar-refractivity contribution >= 4 is 23.2 Å². The average molecular weight is 326 g/mol. The van der Waals surface area contributed by atoms with Crippen LogP contribution in [-0.4, -0.2) is 16.3 Å². The summed E-state index contributed by atoms with van der Waals surface area (Å²) in [5.74, 6) is 0.650. The summed E-state index contributed by atoms with van der Waals surface area (Å²) < 4.78 is 1.99. The van der Waals surface area contributed by atoms with E-state index in [0.29, 0.717) is 22.5 Å². The van der Waals surface area contributed by atoms with Crippen molar-refractivity contribution in [2.24, 2.45) is 5.92 Å². The highest BCUT2D eigenvalue weighted by molar-refractivity contribution is 6.42. The summed E-state index contributed by atoms with van der Waals surface area (Å²) in [5, 5.41) is 9.07. The van der Waals surface area contributed by atoms with Gasteiger partial charge in [-0.2, -0.15) is 5.10 Å². The van der Waals surface area contributed by atoms with Gasteiger partial charge < -0.3 is 5.32 Å². The average Bonchev–Trinajstić information content (AvgIpc) is 2.75. The van der Waals surface area contributed by atoms with Gasteiger partial charge in [-0.05, 0) is 37.1 Å². The van der Waals surface area contributed by atoms with Crippen LogP contribution in [0.2, 0.25) is 10.0 Å². The molecule has 0 amide bonds. The van der Waals surface area contributed by atoms with Crippen molar-refractivity contribution in [3.63, 3.8) is 0 Å². The molecule has 1 aromatic carbocycles. The normalized spacial score (nSPS) is 11.3. The third-order valence-electron chi connectivity index (χ3n) is 3.39. The number of hydrogen-bond acceptors (Lipinski definition) is 2. The molecule has 1 aromatic heterocycles. The molecule has 0 spiro atoms. The summed E-state index contributed by atoms with van der Waals surface area (Å²) in [6.45, 7) is 9.06. The molecule has 2 rings (SSSR count). The third-order valence-corrected chi connectivity index (χ3v) is 4.13. The Morgan fingerprint density at radius 3 is 2.67 bits per heavy atom. The topological polar surface area (TPSA) is 29.9 Å². The first-order valence-corrected chi connectivity index (χ1v) is 7.89. The maximum absolute atomic E-state index is 6.05. The number of hydrogen-bond donors (Lipinski definition) is 1. The van der Waals surface area contributed by atoms with Crippen molar-refractivity contribution in [1.29, 1.82) is 0 Å². The van der Waals surface area contributed by atoms with E-state index in [0.717, 1.165) is 18.7 Å². The van der Waals surface area contributed by atoms with E-state index in [1.54, 1.807) is 0 Å². The van der Waals surface area contributed by atoms with Crippen LogP contribution in [0, 0.1) is 12.8 Å². The van der Waals surface area contributed by atoms with Crippen LogP contribution in [0.5, 0.6) is 0 Å². The first-order chi connectivity index (χ1) is 9.97. The Kier molecular flexibility index (Phi) is 5.68. The monoisotopic (exact) mass is 325 g/mol. The molecule has 0 radical (unpaired) electrons. The predicted molar refractivity (Wildman–Crippen MR) is 89.1 cm³/mol. The summed E-state index contributed by atoms with van der Waals surface area (Å²) in [6.07, 6.45) is 1.93. The zero-order valence-electron chi connectivity index (χ0n) is 12.7. The third kappa shape index (κ3) is 4.47. The quantitative estimate of drug-likeness (QED) is 0.858. The number of rotatable bonds is 6. The van der Waals surface area contributed by atoms with Crippen LogP contribution >= 0.6 is 23.2 Å². The van der Waals surface area contributed by atoms with Gasteiger partial charge in [0, 0.05) is 17.8 Å². The Morgan fingerprint density at radius 2 is 2.00 bits per heavy atom. The molecular formula is C16H21Cl2N3. The van der Waals surface area contributed by atoms with E-state index >= 15 is 0 Å². The Morgan fingerprint density at radius 1 is 1.24 bits per heavy atom. The van der Waals surface area contributed by atoms with Gasteiger partial charge in [0.25, 0.3) is 0 Å². The second kappa shape index (κ2) is 7.30. The minimum absolute atomic E-state index is 0.580. The van der Waals surface area contributed by atoms with Gasteiger partial charge in [-0.3, -0.25) is 4.68 Å². The fraction of sp³-hybridized carbons (Fsp3) is 0.438. The summed E-state index contributed by atoms with van der Waals surface area (Å²) in [5.41, 5.74) is 3.50. The van der Waals surface area contributed by atoms with Gasteiger partial charge in [-0.1, -0.05) is 43.1 Å². The highest BCUT2D eigenvalue weighted by Crippen LogP contribution is 2.23. The lowest BCUT2D eigenvalue weighted by Gasteiger charge is -2.09.